The molecule has 2 N–H and O–H groups in total. The first-order chi connectivity index (χ1) is 9.58. The van der Waals surface area contributed by atoms with Crippen molar-refractivity contribution in [2.45, 2.75) is 31.8 Å². The Morgan fingerprint density at radius 1 is 1.40 bits per heavy atom. The first-order valence-electron chi connectivity index (χ1n) is 7.16. The summed E-state index contributed by atoms with van der Waals surface area (Å²) in [7, 11) is 0. The van der Waals surface area contributed by atoms with Crippen LogP contribution in [0.2, 0.25) is 0 Å². The Balaban J connectivity index is 1.88. The lowest BCUT2D eigenvalue weighted by Gasteiger charge is -2.40. The van der Waals surface area contributed by atoms with Gasteiger partial charge in [0, 0.05) is 49.4 Å². The normalized spacial score (nSPS) is 23.9. The molecule has 1 unspecified atom stereocenters. The quantitative estimate of drug-likeness (QED) is 0.894. The Morgan fingerprint density at radius 3 is 2.95 bits per heavy atom. The van der Waals surface area contributed by atoms with E-state index in [1.165, 1.54) is 6.07 Å². The molecule has 20 heavy (non-hydrogen) atoms. The number of hydrogen-bond donors (Lipinski definition) is 1. The Morgan fingerprint density at radius 2 is 2.20 bits per heavy atom. The molecule has 4 nitrogen and oxygen atoms in total. The standard InChI is InChI=1S/C15H20FN3O/c1-10(17)15-12(16)3-2-4-13(15)18-7-8-19-11(9-18)5-6-14(19)20/h2-4,10-11H,5-9,17H2,1H3/t10-,11?/m0/s1. The van der Waals surface area contributed by atoms with Gasteiger partial charge < -0.3 is 15.5 Å². The maximum Gasteiger partial charge on any atom is 0.223 e. The van der Waals surface area contributed by atoms with E-state index in [4.69, 9.17) is 5.73 Å². The lowest BCUT2D eigenvalue weighted by molar-refractivity contribution is -0.129. The molecule has 0 aliphatic carbocycles. The van der Waals surface area contributed by atoms with Crippen LogP contribution < -0.4 is 10.6 Å². The molecule has 0 bridgehead atoms. The van der Waals surface area contributed by atoms with Crippen LogP contribution in [0.1, 0.15) is 31.4 Å². The zero-order valence-corrected chi connectivity index (χ0v) is 11.7. The zero-order valence-electron chi connectivity index (χ0n) is 11.7. The molecule has 2 atom stereocenters. The Kier molecular flexibility index (Phi) is 3.38. The number of halogens is 1. The van der Waals surface area contributed by atoms with Crippen molar-refractivity contribution < 1.29 is 9.18 Å². The number of nitrogens with two attached hydrogens (primary N) is 1. The van der Waals surface area contributed by atoms with Crippen LogP contribution in [0.3, 0.4) is 0 Å². The highest BCUT2D eigenvalue weighted by Gasteiger charge is 2.36. The van der Waals surface area contributed by atoms with Crippen molar-refractivity contribution in [2.75, 3.05) is 24.5 Å². The third-order valence-corrected chi connectivity index (χ3v) is 4.32. The van der Waals surface area contributed by atoms with Gasteiger partial charge in [0.2, 0.25) is 5.91 Å². The Bertz CT molecular complexity index is 532. The van der Waals surface area contributed by atoms with E-state index >= 15 is 0 Å². The van der Waals surface area contributed by atoms with Gasteiger partial charge in [0.1, 0.15) is 5.82 Å². The number of benzene rings is 1. The minimum Gasteiger partial charge on any atom is -0.367 e. The van der Waals surface area contributed by atoms with Crippen molar-refractivity contribution >= 4 is 11.6 Å². The Hall–Kier alpha value is -1.62. The van der Waals surface area contributed by atoms with Gasteiger partial charge in [-0.25, -0.2) is 4.39 Å². The molecule has 5 heteroatoms. The van der Waals surface area contributed by atoms with Crippen molar-refractivity contribution in [1.29, 1.82) is 0 Å². The number of fused-ring (bicyclic) bond motifs is 1. The zero-order chi connectivity index (χ0) is 14.3. The summed E-state index contributed by atoms with van der Waals surface area (Å²) in [6.07, 6.45) is 1.54. The summed E-state index contributed by atoms with van der Waals surface area (Å²) in [5.41, 5.74) is 7.37. The molecule has 2 fully saturated rings. The molecule has 0 spiro atoms. The summed E-state index contributed by atoms with van der Waals surface area (Å²) in [5, 5.41) is 0. The molecule has 1 amide bonds. The monoisotopic (exact) mass is 277 g/mol. The van der Waals surface area contributed by atoms with Gasteiger partial charge in [-0.1, -0.05) is 6.07 Å². The highest BCUT2D eigenvalue weighted by molar-refractivity contribution is 5.79. The van der Waals surface area contributed by atoms with E-state index in [2.05, 4.69) is 4.90 Å². The lowest BCUT2D eigenvalue weighted by Crippen LogP contribution is -2.51. The fourth-order valence-corrected chi connectivity index (χ4v) is 3.34. The second-order valence-electron chi connectivity index (χ2n) is 5.69. The molecule has 0 saturated carbocycles. The van der Waals surface area contributed by atoms with E-state index in [1.54, 1.807) is 13.0 Å². The molecular weight excluding hydrogens is 257 g/mol. The number of nitrogens with zero attached hydrogens (tertiary/aromatic N) is 2. The average Bonchev–Trinajstić information content (AvgIpc) is 2.79. The SMILES string of the molecule is C[C@H](N)c1c(F)cccc1N1CCN2C(=O)CCC2C1. The topological polar surface area (TPSA) is 49.6 Å². The summed E-state index contributed by atoms with van der Waals surface area (Å²) < 4.78 is 14.0. The van der Waals surface area contributed by atoms with Gasteiger partial charge in [-0.15, -0.1) is 0 Å². The molecule has 108 valence electrons. The summed E-state index contributed by atoms with van der Waals surface area (Å²) in [5.74, 6) is 0.00346. The smallest absolute Gasteiger partial charge is 0.223 e. The van der Waals surface area contributed by atoms with Gasteiger partial charge in [-0.05, 0) is 25.5 Å². The third-order valence-electron chi connectivity index (χ3n) is 4.32. The molecule has 0 radical (unpaired) electrons. The number of rotatable bonds is 2. The lowest BCUT2D eigenvalue weighted by atomic mass is 10.0. The predicted molar refractivity (Wildman–Crippen MR) is 76.0 cm³/mol. The average molecular weight is 277 g/mol. The van der Waals surface area contributed by atoms with E-state index in [0.717, 1.165) is 31.7 Å². The highest BCUT2D eigenvalue weighted by atomic mass is 19.1. The predicted octanol–water partition coefficient (Wildman–Crippen LogP) is 1.66. The van der Waals surface area contributed by atoms with Gasteiger partial charge in [-0.3, -0.25) is 4.79 Å². The molecule has 2 saturated heterocycles. The van der Waals surface area contributed by atoms with Crippen LogP contribution in [0.15, 0.2) is 18.2 Å². The summed E-state index contributed by atoms with van der Waals surface area (Å²) >= 11 is 0. The van der Waals surface area contributed by atoms with Gasteiger partial charge in [0.15, 0.2) is 0 Å². The van der Waals surface area contributed by atoms with E-state index in [9.17, 15) is 9.18 Å². The number of piperazine rings is 1. The van der Waals surface area contributed by atoms with E-state index in [1.807, 2.05) is 11.0 Å². The van der Waals surface area contributed by atoms with Crippen LogP contribution >= 0.6 is 0 Å². The van der Waals surface area contributed by atoms with Crippen LogP contribution in [0.5, 0.6) is 0 Å². The minimum atomic E-state index is -0.338. The maximum absolute atomic E-state index is 14.0. The largest absolute Gasteiger partial charge is 0.367 e. The number of carbonyl (C=O) groups excluding carboxylic acids is 1. The molecular formula is C15H20FN3O. The van der Waals surface area contributed by atoms with Crippen molar-refractivity contribution in [3.8, 4) is 0 Å². The number of anilines is 1. The summed E-state index contributed by atoms with van der Waals surface area (Å²) in [6.45, 7) is 4.04. The van der Waals surface area contributed by atoms with Gasteiger partial charge in [0.25, 0.3) is 0 Å². The number of amides is 1. The van der Waals surface area contributed by atoms with E-state index in [-0.39, 0.29) is 23.8 Å². The highest BCUT2D eigenvalue weighted by Crippen LogP contribution is 2.31. The van der Waals surface area contributed by atoms with Crippen molar-refractivity contribution in [2.24, 2.45) is 5.73 Å². The van der Waals surface area contributed by atoms with Gasteiger partial charge in [-0.2, -0.15) is 0 Å². The fraction of sp³-hybridized carbons (Fsp3) is 0.533. The van der Waals surface area contributed by atoms with E-state index < -0.39 is 0 Å². The first kappa shape index (κ1) is 13.4. The van der Waals surface area contributed by atoms with Crippen molar-refractivity contribution in [1.82, 2.24) is 4.90 Å². The second-order valence-corrected chi connectivity index (χ2v) is 5.69. The molecule has 3 rings (SSSR count). The van der Waals surface area contributed by atoms with E-state index in [0.29, 0.717) is 12.0 Å². The minimum absolute atomic E-state index is 0.248. The fourth-order valence-electron chi connectivity index (χ4n) is 3.34. The molecule has 2 heterocycles. The van der Waals surface area contributed by atoms with Gasteiger partial charge in [0.05, 0.1) is 0 Å². The molecule has 1 aromatic carbocycles. The van der Waals surface area contributed by atoms with Crippen LogP contribution in [-0.2, 0) is 4.79 Å². The van der Waals surface area contributed by atoms with Crippen LogP contribution in [0.4, 0.5) is 10.1 Å². The molecule has 2 aliphatic rings. The molecule has 0 aromatic heterocycles. The molecule has 2 aliphatic heterocycles. The third kappa shape index (κ3) is 2.16. The maximum atomic E-state index is 14.0. The van der Waals surface area contributed by atoms with Gasteiger partial charge >= 0.3 is 0 Å². The first-order valence-corrected chi connectivity index (χ1v) is 7.16. The van der Waals surface area contributed by atoms with Crippen LogP contribution in [0, 0.1) is 5.82 Å². The van der Waals surface area contributed by atoms with Crippen LogP contribution in [-0.4, -0.2) is 36.5 Å². The van der Waals surface area contributed by atoms with Crippen molar-refractivity contribution in [3.05, 3.63) is 29.6 Å². The van der Waals surface area contributed by atoms with Crippen LogP contribution in [0.25, 0.3) is 0 Å². The summed E-state index contributed by atoms with van der Waals surface area (Å²) in [4.78, 5) is 15.8. The second kappa shape index (κ2) is 5.05. The number of carbonyl (C=O) groups is 1. The summed E-state index contributed by atoms with van der Waals surface area (Å²) in [6, 6.07) is 5.03. The van der Waals surface area contributed by atoms with Crippen molar-refractivity contribution in [3.63, 3.8) is 0 Å². The Labute approximate surface area is 118 Å². The number of hydrogen-bond acceptors (Lipinski definition) is 3. The molecule has 1 aromatic rings.